The van der Waals surface area contributed by atoms with Crippen molar-refractivity contribution in [2.45, 2.75) is 52.4 Å². The van der Waals surface area contributed by atoms with Crippen molar-refractivity contribution in [2.24, 2.45) is 28.6 Å². The Bertz CT molecular complexity index is 781. The second-order valence-corrected chi connectivity index (χ2v) is 8.74. The Morgan fingerprint density at radius 3 is 2.84 bits per heavy atom. The van der Waals surface area contributed by atoms with Crippen molar-refractivity contribution >= 4 is 11.5 Å². The summed E-state index contributed by atoms with van der Waals surface area (Å²) in [6.07, 6.45) is 12.6. The number of carbonyl (C=O) groups is 1. The quantitative estimate of drug-likeness (QED) is 0.789. The zero-order chi connectivity index (χ0) is 17.2. The molecule has 2 fully saturated rings. The number of allylic oxidation sites excluding steroid dienone is 4. The van der Waals surface area contributed by atoms with E-state index in [2.05, 4.69) is 41.4 Å². The molecule has 2 heterocycles. The summed E-state index contributed by atoms with van der Waals surface area (Å²) in [5.41, 5.74) is 2.60. The number of aromatic nitrogens is 3. The molecule has 0 radical (unpaired) electrons. The summed E-state index contributed by atoms with van der Waals surface area (Å²) in [4.78, 5) is 11.7. The monoisotopic (exact) mass is 339 g/mol. The number of hydrogen-bond donors (Lipinski definition) is 1. The van der Waals surface area contributed by atoms with E-state index in [1.165, 1.54) is 18.4 Å². The summed E-state index contributed by atoms with van der Waals surface area (Å²) >= 11 is 0. The third kappa shape index (κ3) is 1.98. The van der Waals surface area contributed by atoms with Crippen molar-refractivity contribution in [1.29, 1.82) is 0 Å². The van der Waals surface area contributed by atoms with Crippen LogP contribution in [0, 0.1) is 28.6 Å². The van der Waals surface area contributed by atoms with E-state index in [9.17, 15) is 4.79 Å². The van der Waals surface area contributed by atoms with Crippen LogP contribution in [0.4, 0.5) is 0 Å². The highest BCUT2D eigenvalue weighted by molar-refractivity contribution is 5.72. The van der Waals surface area contributed by atoms with Gasteiger partial charge in [0.1, 0.15) is 11.5 Å². The number of rotatable bonds is 1. The third-order valence-electron chi connectivity index (χ3n) is 7.74. The van der Waals surface area contributed by atoms with Crippen LogP contribution in [-0.2, 0) is 9.53 Å². The Kier molecular flexibility index (Phi) is 3.10. The van der Waals surface area contributed by atoms with Crippen LogP contribution in [0.25, 0.3) is 5.57 Å². The minimum atomic E-state index is -0.0568. The molecule has 5 rings (SSSR count). The van der Waals surface area contributed by atoms with Crippen LogP contribution in [0.2, 0.25) is 0 Å². The lowest BCUT2D eigenvalue weighted by atomic mass is 9.49. The van der Waals surface area contributed by atoms with Gasteiger partial charge in [0, 0.05) is 18.0 Å². The number of ether oxygens (including phenoxy) is 1. The first-order chi connectivity index (χ1) is 12.0. The average molecular weight is 339 g/mol. The number of fused-ring (bicyclic) bond motifs is 5. The Morgan fingerprint density at radius 1 is 1.16 bits per heavy atom. The van der Waals surface area contributed by atoms with Crippen LogP contribution >= 0.6 is 0 Å². The van der Waals surface area contributed by atoms with E-state index in [0.29, 0.717) is 24.2 Å². The molecule has 0 amide bonds. The Morgan fingerprint density at radius 2 is 2.04 bits per heavy atom. The lowest BCUT2D eigenvalue weighted by Gasteiger charge is -2.56. The van der Waals surface area contributed by atoms with Crippen LogP contribution < -0.4 is 0 Å². The van der Waals surface area contributed by atoms with Gasteiger partial charge < -0.3 is 4.74 Å². The maximum absolute atomic E-state index is 11.7. The molecule has 5 heteroatoms. The average Bonchev–Trinajstić information content (AvgIpc) is 3.22. The van der Waals surface area contributed by atoms with Gasteiger partial charge in [-0.25, -0.2) is 0 Å². The fraction of sp³-hybridized carbons (Fsp3) is 0.650. The predicted octanol–water partition coefficient (Wildman–Crippen LogP) is 3.87. The molecular weight excluding hydrogens is 314 g/mol. The smallest absolute Gasteiger partial charge is 0.310 e. The number of hydrogen-bond acceptors (Lipinski definition) is 4. The first-order valence-electron chi connectivity index (χ1n) is 9.51. The number of H-pyrrole nitrogens is 1. The summed E-state index contributed by atoms with van der Waals surface area (Å²) in [5.74, 6) is 2.81. The first kappa shape index (κ1) is 15.4. The van der Waals surface area contributed by atoms with Crippen molar-refractivity contribution in [3.05, 3.63) is 29.8 Å². The Labute approximate surface area is 147 Å². The molecule has 5 atom stereocenters. The van der Waals surface area contributed by atoms with E-state index < -0.39 is 0 Å². The van der Waals surface area contributed by atoms with Gasteiger partial charge in [-0.1, -0.05) is 25.1 Å². The Balaban J connectivity index is 1.49. The fourth-order valence-electron chi connectivity index (χ4n) is 6.37. The topological polar surface area (TPSA) is 67.9 Å². The molecule has 25 heavy (non-hydrogen) atoms. The van der Waals surface area contributed by atoms with Gasteiger partial charge in [0.25, 0.3) is 0 Å². The predicted molar refractivity (Wildman–Crippen MR) is 92.9 cm³/mol. The van der Waals surface area contributed by atoms with Gasteiger partial charge in [-0.05, 0) is 66.9 Å². The zero-order valence-electron chi connectivity index (χ0n) is 14.9. The lowest BCUT2D eigenvalue weighted by molar-refractivity contribution is -0.151. The highest BCUT2D eigenvalue weighted by Gasteiger charge is 2.58. The van der Waals surface area contributed by atoms with Crippen molar-refractivity contribution < 1.29 is 9.53 Å². The van der Waals surface area contributed by atoms with Crippen LogP contribution in [0.15, 0.2) is 24.1 Å². The second kappa shape index (κ2) is 5.05. The zero-order valence-corrected chi connectivity index (χ0v) is 14.9. The molecule has 1 aliphatic heterocycles. The Hall–Kier alpha value is -1.91. The molecule has 0 unspecified atom stereocenters. The van der Waals surface area contributed by atoms with E-state index in [4.69, 9.17) is 4.74 Å². The number of nitrogens with zero attached hydrogens (tertiary/aromatic N) is 2. The maximum Gasteiger partial charge on any atom is 0.310 e. The molecule has 1 N–H and O–H groups in total. The molecule has 0 aromatic carbocycles. The molecule has 132 valence electrons. The van der Waals surface area contributed by atoms with Crippen molar-refractivity contribution in [1.82, 2.24) is 15.4 Å². The van der Waals surface area contributed by atoms with Crippen molar-refractivity contribution in [3.63, 3.8) is 0 Å². The highest BCUT2D eigenvalue weighted by Crippen LogP contribution is 2.65. The summed E-state index contributed by atoms with van der Waals surface area (Å²) in [6, 6.07) is 0. The van der Waals surface area contributed by atoms with Gasteiger partial charge in [0.15, 0.2) is 0 Å². The molecule has 0 bridgehead atoms. The number of carbonyl (C=O) groups excluding carboxylic acids is 1. The number of aromatic amines is 1. The van der Waals surface area contributed by atoms with Crippen molar-refractivity contribution in [2.75, 3.05) is 0 Å². The molecule has 1 aromatic heterocycles. The van der Waals surface area contributed by atoms with Gasteiger partial charge in [-0.3, -0.25) is 9.89 Å². The molecule has 0 spiro atoms. The van der Waals surface area contributed by atoms with E-state index in [0.717, 1.165) is 30.7 Å². The van der Waals surface area contributed by atoms with Crippen LogP contribution in [0.5, 0.6) is 0 Å². The van der Waals surface area contributed by atoms with Gasteiger partial charge in [-0.2, -0.15) is 0 Å². The van der Waals surface area contributed by atoms with E-state index in [1.807, 2.05) is 6.20 Å². The maximum atomic E-state index is 11.7. The van der Waals surface area contributed by atoms with Gasteiger partial charge >= 0.3 is 5.97 Å². The largest absolute Gasteiger partial charge is 0.431 e. The van der Waals surface area contributed by atoms with Crippen LogP contribution in [-0.4, -0.2) is 21.4 Å². The van der Waals surface area contributed by atoms with Gasteiger partial charge in [0.05, 0.1) is 0 Å². The van der Waals surface area contributed by atoms with Gasteiger partial charge in [-0.15, -0.1) is 5.10 Å². The molecular formula is C20H25N3O2. The van der Waals surface area contributed by atoms with Crippen LogP contribution in [0.3, 0.4) is 0 Å². The highest BCUT2D eigenvalue weighted by atomic mass is 16.5. The molecule has 1 aromatic rings. The van der Waals surface area contributed by atoms with Crippen LogP contribution in [0.1, 0.15) is 58.1 Å². The third-order valence-corrected chi connectivity index (χ3v) is 7.74. The summed E-state index contributed by atoms with van der Waals surface area (Å²) in [7, 11) is 0. The van der Waals surface area contributed by atoms with E-state index in [-0.39, 0.29) is 16.8 Å². The van der Waals surface area contributed by atoms with Crippen molar-refractivity contribution in [3.8, 4) is 0 Å². The second-order valence-electron chi connectivity index (χ2n) is 8.74. The summed E-state index contributed by atoms with van der Waals surface area (Å²) in [6.45, 7) is 4.75. The molecule has 5 nitrogen and oxygen atoms in total. The summed E-state index contributed by atoms with van der Waals surface area (Å²) < 4.78 is 5.65. The van der Waals surface area contributed by atoms with E-state index >= 15 is 0 Å². The van der Waals surface area contributed by atoms with E-state index in [1.54, 1.807) is 0 Å². The van der Waals surface area contributed by atoms with Gasteiger partial charge in [0.2, 0.25) is 0 Å². The number of nitrogens with one attached hydrogen (secondary N) is 1. The molecule has 1 saturated carbocycles. The summed E-state index contributed by atoms with van der Waals surface area (Å²) in [5, 5.41) is 11.1. The molecule has 3 aliphatic carbocycles. The minimum Gasteiger partial charge on any atom is -0.431 e. The number of esters is 1. The molecule has 1 saturated heterocycles. The lowest BCUT2D eigenvalue weighted by Crippen LogP contribution is -2.50. The SMILES string of the molecule is C[C@]12CCC(=O)OC1=CC[C@@H]1[C@@H]2CC[C@]2(C)C(c3c[nH]nn3)=CC[C@@H]12. The first-order valence-corrected chi connectivity index (χ1v) is 9.51. The molecule has 4 aliphatic rings. The normalized spacial score (nSPS) is 42.6. The standard InChI is InChI=1S/C20H25N3O2/c1-19-9-7-14-12(3-6-17-20(14,2)10-8-18(24)25-17)13(19)4-5-15(19)16-11-21-23-22-16/h5-6,11-14H,3-4,7-10H2,1-2H3,(H,21,22,23)/t12-,13-,14-,19-,20+/m0/s1. The minimum absolute atomic E-state index is 0.0365. The fourth-order valence-corrected chi connectivity index (χ4v) is 6.37.